The number of rotatable bonds is 6. The first-order valence-corrected chi connectivity index (χ1v) is 11.1. The second-order valence-corrected chi connectivity index (χ2v) is 8.89. The zero-order valence-corrected chi connectivity index (χ0v) is 18.3. The normalized spacial score (nSPS) is 11.8. The van der Waals surface area contributed by atoms with E-state index >= 15 is 0 Å². The van der Waals surface area contributed by atoms with Gasteiger partial charge in [0.1, 0.15) is 4.90 Å². The summed E-state index contributed by atoms with van der Waals surface area (Å²) < 4.78 is 33.3. The maximum Gasteiger partial charge on any atom is 0.310 e. The van der Waals surface area contributed by atoms with E-state index in [9.17, 15) is 13.2 Å². The second kappa shape index (κ2) is 8.12. The Bertz CT molecular complexity index is 1200. The van der Waals surface area contributed by atoms with Crippen molar-refractivity contribution < 1.29 is 17.9 Å². The first-order valence-electron chi connectivity index (χ1n) is 9.24. The Balaban J connectivity index is 2.25. The van der Waals surface area contributed by atoms with Crippen LogP contribution in [0.5, 0.6) is 0 Å². The third kappa shape index (κ3) is 3.86. The van der Waals surface area contributed by atoms with Crippen LogP contribution in [0.15, 0.2) is 34.1 Å². The van der Waals surface area contributed by atoms with Gasteiger partial charge >= 0.3 is 5.97 Å². The van der Waals surface area contributed by atoms with E-state index in [4.69, 9.17) is 16.3 Å². The van der Waals surface area contributed by atoms with Gasteiger partial charge in [-0.15, -0.1) is 0 Å². The Labute approximate surface area is 174 Å². The molecule has 154 valence electrons. The minimum Gasteiger partial charge on any atom is -0.466 e. The van der Waals surface area contributed by atoms with Crippen LogP contribution in [0.1, 0.15) is 36.5 Å². The Morgan fingerprint density at radius 2 is 1.97 bits per heavy atom. The molecule has 0 spiro atoms. The van der Waals surface area contributed by atoms with Crippen LogP contribution >= 0.6 is 11.6 Å². The molecule has 29 heavy (non-hydrogen) atoms. The molecule has 0 fully saturated rings. The third-order valence-corrected chi connectivity index (χ3v) is 6.75. The van der Waals surface area contributed by atoms with Gasteiger partial charge in [0.2, 0.25) is 9.84 Å². The number of esters is 1. The van der Waals surface area contributed by atoms with Gasteiger partial charge in [-0.1, -0.05) is 24.6 Å². The summed E-state index contributed by atoms with van der Waals surface area (Å²) in [4.78, 5) is 16.6. The van der Waals surface area contributed by atoms with Crippen molar-refractivity contribution in [2.75, 3.05) is 6.61 Å². The van der Waals surface area contributed by atoms with Crippen molar-refractivity contribution in [1.82, 2.24) is 14.6 Å². The lowest BCUT2D eigenvalue weighted by molar-refractivity contribution is -0.142. The van der Waals surface area contributed by atoms with E-state index < -0.39 is 9.84 Å². The lowest BCUT2D eigenvalue weighted by Crippen LogP contribution is -2.13. The van der Waals surface area contributed by atoms with E-state index in [1.54, 1.807) is 32.9 Å². The average Bonchev–Trinajstić information content (AvgIpc) is 3.04. The minimum absolute atomic E-state index is 0.0478. The summed E-state index contributed by atoms with van der Waals surface area (Å²) in [6.45, 7) is 7.40. The summed E-state index contributed by atoms with van der Waals surface area (Å²) >= 11 is 6.00. The fourth-order valence-electron chi connectivity index (χ4n) is 3.26. The molecule has 0 saturated carbocycles. The molecule has 9 heteroatoms. The van der Waals surface area contributed by atoms with Crippen molar-refractivity contribution in [2.45, 2.75) is 50.3 Å². The van der Waals surface area contributed by atoms with Crippen LogP contribution in [-0.2, 0) is 32.2 Å². The number of sulfone groups is 1. The van der Waals surface area contributed by atoms with Gasteiger partial charge in [-0.25, -0.2) is 17.9 Å². The van der Waals surface area contributed by atoms with Crippen LogP contribution in [0.25, 0.3) is 5.65 Å². The number of nitrogens with zero attached hydrogens (tertiary/aromatic N) is 3. The number of ether oxygens (including phenoxy) is 1. The number of carbonyl (C=O) groups excluding carboxylic acids is 1. The lowest BCUT2D eigenvalue weighted by Gasteiger charge is -2.11. The molecule has 3 rings (SSSR count). The zero-order chi connectivity index (χ0) is 21.3. The van der Waals surface area contributed by atoms with Gasteiger partial charge in [0.05, 0.1) is 23.6 Å². The molecule has 0 amide bonds. The molecule has 7 nitrogen and oxygen atoms in total. The average molecular weight is 436 g/mol. The molecule has 1 aromatic carbocycles. The highest BCUT2D eigenvalue weighted by Gasteiger charge is 2.29. The topological polar surface area (TPSA) is 90.6 Å². The van der Waals surface area contributed by atoms with E-state index in [0.717, 1.165) is 0 Å². The molecule has 0 aliphatic carbocycles. The quantitative estimate of drug-likeness (QED) is 0.550. The molecular weight excluding hydrogens is 414 g/mol. The van der Waals surface area contributed by atoms with Gasteiger partial charge in [0.15, 0.2) is 5.65 Å². The van der Waals surface area contributed by atoms with Crippen LogP contribution in [0.2, 0.25) is 5.02 Å². The van der Waals surface area contributed by atoms with Crippen LogP contribution in [-0.4, -0.2) is 35.6 Å². The molecule has 0 saturated heterocycles. The fraction of sp³-hybridized carbons (Fsp3) is 0.350. The van der Waals surface area contributed by atoms with E-state index in [0.29, 0.717) is 34.1 Å². The highest BCUT2D eigenvalue weighted by Crippen LogP contribution is 2.30. The van der Waals surface area contributed by atoms with Crippen LogP contribution in [0, 0.1) is 13.8 Å². The maximum atomic E-state index is 13.4. The number of hydrogen-bond acceptors (Lipinski definition) is 6. The number of carbonyl (C=O) groups is 1. The Morgan fingerprint density at radius 1 is 1.24 bits per heavy atom. The summed E-state index contributed by atoms with van der Waals surface area (Å²) in [5.41, 5.74) is 2.54. The van der Waals surface area contributed by atoms with Crippen molar-refractivity contribution in [2.24, 2.45) is 0 Å². The highest BCUT2D eigenvalue weighted by atomic mass is 35.5. The molecule has 0 aliphatic heterocycles. The molecule has 0 unspecified atom stereocenters. The molecule has 0 radical (unpaired) electrons. The van der Waals surface area contributed by atoms with Crippen molar-refractivity contribution in [3.05, 3.63) is 51.9 Å². The zero-order valence-electron chi connectivity index (χ0n) is 16.7. The standard InChI is InChI=1S/C20H22ClN3O4S/c1-5-17-19(29(26,27)15-9-7-8-14(21)10-15)20-22-12(3)16(11-18(25)28-6-2)13(4)24(20)23-17/h7-10H,5-6,11H2,1-4H3. The Kier molecular flexibility index (Phi) is 5.95. The van der Waals surface area contributed by atoms with E-state index in [-0.39, 0.29) is 34.4 Å². The minimum atomic E-state index is -3.89. The highest BCUT2D eigenvalue weighted by molar-refractivity contribution is 7.91. The summed E-state index contributed by atoms with van der Waals surface area (Å²) in [5.74, 6) is -0.366. The third-order valence-electron chi connectivity index (χ3n) is 4.69. The summed E-state index contributed by atoms with van der Waals surface area (Å²) in [7, 11) is -3.89. The van der Waals surface area contributed by atoms with Gasteiger partial charge in [0.25, 0.3) is 0 Å². The lowest BCUT2D eigenvalue weighted by atomic mass is 10.1. The number of aryl methyl sites for hydroxylation is 3. The number of fused-ring (bicyclic) bond motifs is 1. The first kappa shape index (κ1) is 21.3. The van der Waals surface area contributed by atoms with Gasteiger partial charge in [0, 0.05) is 22.0 Å². The van der Waals surface area contributed by atoms with E-state index in [1.807, 2.05) is 6.92 Å². The second-order valence-electron chi connectivity index (χ2n) is 6.57. The number of aromatic nitrogens is 3. The van der Waals surface area contributed by atoms with Gasteiger partial charge in [-0.3, -0.25) is 4.79 Å². The van der Waals surface area contributed by atoms with Crippen molar-refractivity contribution in [3.8, 4) is 0 Å². The van der Waals surface area contributed by atoms with E-state index in [1.165, 1.54) is 16.6 Å². The molecule has 2 aromatic heterocycles. The molecule has 0 bridgehead atoms. The summed E-state index contributed by atoms with van der Waals surface area (Å²) in [6, 6.07) is 6.12. The van der Waals surface area contributed by atoms with Gasteiger partial charge in [-0.05, 0) is 45.4 Å². The molecule has 3 aromatic rings. The largest absolute Gasteiger partial charge is 0.466 e. The van der Waals surface area contributed by atoms with Crippen LogP contribution in [0.3, 0.4) is 0 Å². The van der Waals surface area contributed by atoms with Crippen LogP contribution in [0.4, 0.5) is 0 Å². The van der Waals surface area contributed by atoms with Gasteiger partial charge < -0.3 is 4.74 Å². The Morgan fingerprint density at radius 3 is 2.59 bits per heavy atom. The molecule has 0 N–H and O–H groups in total. The monoisotopic (exact) mass is 435 g/mol. The van der Waals surface area contributed by atoms with E-state index in [2.05, 4.69) is 10.1 Å². The smallest absolute Gasteiger partial charge is 0.310 e. The van der Waals surface area contributed by atoms with Crippen molar-refractivity contribution in [1.29, 1.82) is 0 Å². The molecular formula is C20H22ClN3O4S. The van der Waals surface area contributed by atoms with Crippen LogP contribution < -0.4 is 0 Å². The molecule has 0 atom stereocenters. The summed E-state index contributed by atoms with van der Waals surface area (Å²) in [6.07, 6.45) is 0.455. The molecule has 0 aliphatic rings. The summed E-state index contributed by atoms with van der Waals surface area (Å²) in [5, 5.41) is 4.82. The first-order chi connectivity index (χ1) is 13.7. The van der Waals surface area contributed by atoms with Gasteiger partial charge in [-0.2, -0.15) is 5.10 Å². The maximum absolute atomic E-state index is 13.4. The predicted molar refractivity (Wildman–Crippen MR) is 109 cm³/mol. The SMILES string of the molecule is CCOC(=O)Cc1c(C)nc2c(S(=O)(=O)c3cccc(Cl)c3)c(CC)nn2c1C. The van der Waals surface area contributed by atoms with Crippen molar-refractivity contribution >= 4 is 33.1 Å². The van der Waals surface area contributed by atoms with Crippen molar-refractivity contribution in [3.63, 3.8) is 0 Å². The number of halogens is 1. The Hall–Kier alpha value is -2.45. The number of benzene rings is 1. The predicted octanol–water partition coefficient (Wildman–Crippen LogP) is 3.50. The molecule has 2 heterocycles. The number of hydrogen-bond donors (Lipinski definition) is 0. The fourth-order valence-corrected chi connectivity index (χ4v) is 5.16.